The number of benzene rings is 1. The number of aliphatic hydroxyl groups excluding tert-OH is 2. The highest BCUT2D eigenvalue weighted by Gasteiger charge is 2.25. The van der Waals surface area contributed by atoms with Gasteiger partial charge in [-0.2, -0.15) is 0 Å². The van der Waals surface area contributed by atoms with Gasteiger partial charge in [-0.1, -0.05) is 17.7 Å². The summed E-state index contributed by atoms with van der Waals surface area (Å²) < 4.78 is 9.73. The summed E-state index contributed by atoms with van der Waals surface area (Å²) in [7, 11) is 1.23. The summed E-state index contributed by atoms with van der Waals surface area (Å²) in [6.45, 7) is 6.71. The third kappa shape index (κ3) is 5.82. The van der Waals surface area contributed by atoms with E-state index in [0.29, 0.717) is 0 Å². The van der Waals surface area contributed by atoms with Gasteiger partial charge in [0.25, 0.3) is 0 Å². The SMILES string of the molecule is COC(=O)c1ccc(C)cc1C(O)C(O)CNC(=O)OC(C)(C)C. The zero-order valence-electron chi connectivity index (χ0n) is 14.6. The molecule has 7 nitrogen and oxygen atoms in total. The smallest absolute Gasteiger partial charge is 0.407 e. The van der Waals surface area contributed by atoms with Crippen molar-refractivity contribution in [3.63, 3.8) is 0 Å². The molecule has 0 spiro atoms. The van der Waals surface area contributed by atoms with Crippen molar-refractivity contribution in [2.45, 2.75) is 45.5 Å². The van der Waals surface area contributed by atoms with Crippen LogP contribution in [0.2, 0.25) is 0 Å². The zero-order chi connectivity index (χ0) is 18.5. The molecule has 2 atom stereocenters. The largest absolute Gasteiger partial charge is 0.465 e. The fourth-order valence-electron chi connectivity index (χ4n) is 2.04. The van der Waals surface area contributed by atoms with Crippen LogP contribution in [0.5, 0.6) is 0 Å². The number of carbonyl (C=O) groups is 2. The Kier molecular flexibility index (Phi) is 6.74. The molecule has 0 bridgehead atoms. The first kappa shape index (κ1) is 19.9. The van der Waals surface area contributed by atoms with Crippen molar-refractivity contribution >= 4 is 12.1 Å². The fourth-order valence-corrected chi connectivity index (χ4v) is 2.04. The van der Waals surface area contributed by atoms with Gasteiger partial charge in [0.1, 0.15) is 17.8 Å². The molecule has 134 valence electrons. The van der Waals surface area contributed by atoms with E-state index in [1.165, 1.54) is 13.2 Å². The Morgan fingerprint density at radius 2 is 1.88 bits per heavy atom. The third-order valence-corrected chi connectivity index (χ3v) is 3.15. The number of nitrogens with one attached hydrogen (secondary N) is 1. The summed E-state index contributed by atoms with van der Waals surface area (Å²) in [6, 6.07) is 4.81. The topological polar surface area (TPSA) is 105 Å². The van der Waals surface area contributed by atoms with E-state index in [4.69, 9.17) is 4.74 Å². The number of hydrogen-bond donors (Lipinski definition) is 3. The van der Waals surface area contributed by atoms with Crippen LogP contribution in [-0.4, -0.2) is 47.6 Å². The summed E-state index contributed by atoms with van der Waals surface area (Å²) in [6.07, 6.45) is -3.39. The molecule has 0 fully saturated rings. The van der Waals surface area contributed by atoms with E-state index < -0.39 is 29.9 Å². The minimum Gasteiger partial charge on any atom is -0.465 e. The Morgan fingerprint density at radius 1 is 1.25 bits per heavy atom. The molecule has 7 heteroatoms. The number of rotatable bonds is 5. The van der Waals surface area contributed by atoms with Crippen molar-refractivity contribution in [1.29, 1.82) is 0 Å². The highest BCUT2D eigenvalue weighted by molar-refractivity contribution is 5.91. The lowest BCUT2D eigenvalue weighted by atomic mass is 9.96. The summed E-state index contributed by atoms with van der Waals surface area (Å²) >= 11 is 0. The second-order valence-corrected chi connectivity index (χ2v) is 6.48. The normalized spacial score (nSPS) is 13.8. The molecular weight excluding hydrogens is 314 g/mol. The Hall–Kier alpha value is -2.12. The monoisotopic (exact) mass is 339 g/mol. The predicted octanol–water partition coefficient (Wildman–Crippen LogP) is 1.70. The molecule has 0 saturated heterocycles. The molecule has 2 unspecified atom stereocenters. The summed E-state index contributed by atoms with van der Waals surface area (Å²) in [5.41, 5.74) is 0.540. The summed E-state index contributed by atoms with van der Waals surface area (Å²) in [4.78, 5) is 23.4. The van der Waals surface area contributed by atoms with Gasteiger partial charge < -0.3 is 25.0 Å². The van der Waals surface area contributed by atoms with Crippen LogP contribution in [0.15, 0.2) is 18.2 Å². The zero-order valence-corrected chi connectivity index (χ0v) is 14.6. The summed E-state index contributed by atoms with van der Waals surface area (Å²) in [5, 5.41) is 22.8. The Labute approximate surface area is 141 Å². The van der Waals surface area contributed by atoms with Crippen LogP contribution in [0.25, 0.3) is 0 Å². The molecule has 0 aliphatic carbocycles. The lowest BCUT2D eigenvalue weighted by Crippen LogP contribution is -2.39. The lowest BCUT2D eigenvalue weighted by Gasteiger charge is -2.23. The number of aryl methyl sites for hydroxylation is 1. The van der Waals surface area contributed by atoms with Crippen LogP contribution in [0.1, 0.15) is 48.4 Å². The first-order chi connectivity index (χ1) is 11.0. The Balaban J connectivity index is 2.82. The molecule has 0 radical (unpaired) electrons. The highest BCUT2D eigenvalue weighted by atomic mass is 16.6. The fraction of sp³-hybridized carbons (Fsp3) is 0.529. The number of hydrogen-bond acceptors (Lipinski definition) is 6. The second kappa shape index (κ2) is 8.12. The maximum atomic E-state index is 11.8. The first-order valence-electron chi connectivity index (χ1n) is 7.57. The van der Waals surface area contributed by atoms with Gasteiger partial charge in [-0.05, 0) is 39.3 Å². The van der Waals surface area contributed by atoms with E-state index in [-0.39, 0.29) is 17.7 Å². The molecular formula is C17H25NO6. The van der Waals surface area contributed by atoms with E-state index in [1.807, 2.05) is 0 Å². The van der Waals surface area contributed by atoms with E-state index >= 15 is 0 Å². The van der Waals surface area contributed by atoms with E-state index in [2.05, 4.69) is 10.1 Å². The number of alkyl carbamates (subject to hydrolysis) is 1. The lowest BCUT2D eigenvalue weighted by molar-refractivity contribution is 0.0119. The maximum Gasteiger partial charge on any atom is 0.407 e. The van der Waals surface area contributed by atoms with E-state index in [0.717, 1.165) is 5.56 Å². The predicted molar refractivity (Wildman–Crippen MR) is 87.7 cm³/mol. The second-order valence-electron chi connectivity index (χ2n) is 6.48. The van der Waals surface area contributed by atoms with Gasteiger partial charge in [0.2, 0.25) is 0 Å². The molecule has 1 rings (SSSR count). The molecule has 0 aliphatic rings. The molecule has 0 aromatic heterocycles. The third-order valence-electron chi connectivity index (χ3n) is 3.15. The van der Waals surface area contributed by atoms with Gasteiger partial charge in [-0.15, -0.1) is 0 Å². The minimum absolute atomic E-state index is 0.159. The van der Waals surface area contributed by atoms with Gasteiger partial charge >= 0.3 is 12.1 Å². The van der Waals surface area contributed by atoms with Gasteiger partial charge in [0.05, 0.1) is 12.7 Å². The van der Waals surface area contributed by atoms with Crippen molar-refractivity contribution in [1.82, 2.24) is 5.32 Å². The maximum absolute atomic E-state index is 11.8. The van der Waals surface area contributed by atoms with E-state index in [9.17, 15) is 19.8 Å². The standard InChI is InChI=1S/C17H25NO6/c1-10-6-7-11(15(21)23-5)12(8-10)14(20)13(19)9-18-16(22)24-17(2,3)4/h6-8,13-14,19-20H,9H2,1-5H3,(H,18,22). The summed E-state index contributed by atoms with van der Waals surface area (Å²) in [5.74, 6) is -0.614. The van der Waals surface area contributed by atoms with Crippen molar-refractivity contribution in [3.05, 3.63) is 34.9 Å². The van der Waals surface area contributed by atoms with Crippen LogP contribution in [0.3, 0.4) is 0 Å². The van der Waals surface area contributed by atoms with Crippen molar-refractivity contribution in [2.24, 2.45) is 0 Å². The van der Waals surface area contributed by atoms with Crippen LogP contribution in [0.4, 0.5) is 4.79 Å². The molecule has 3 N–H and O–H groups in total. The molecule has 1 aromatic carbocycles. The molecule has 24 heavy (non-hydrogen) atoms. The van der Waals surface area contributed by atoms with Crippen LogP contribution in [-0.2, 0) is 9.47 Å². The van der Waals surface area contributed by atoms with Crippen molar-refractivity contribution in [2.75, 3.05) is 13.7 Å². The van der Waals surface area contributed by atoms with Crippen molar-refractivity contribution in [3.8, 4) is 0 Å². The Bertz CT molecular complexity index is 593. The number of methoxy groups -OCH3 is 1. The van der Waals surface area contributed by atoms with Crippen molar-refractivity contribution < 1.29 is 29.3 Å². The van der Waals surface area contributed by atoms with Gasteiger partial charge in [0, 0.05) is 6.54 Å². The number of aliphatic hydroxyl groups is 2. The van der Waals surface area contributed by atoms with Gasteiger partial charge in [-0.25, -0.2) is 9.59 Å². The number of ether oxygens (including phenoxy) is 2. The number of carbonyl (C=O) groups excluding carboxylic acids is 2. The quantitative estimate of drug-likeness (QED) is 0.705. The van der Waals surface area contributed by atoms with Gasteiger partial charge in [-0.3, -0.25) is 0 Å². The molecule has 0 saturated carbocycles. The van der Waals surface area contributed by atoms with Crippen LogP contribution >= 0.6 is 0 Å². The average molecular weight is 339 g/mol. The van der Waals surface area contributed by atoms with E-state index in [1.54, 1.807) is 39.8 Å². The molecule has 1 aromatic rings. The minimum atomic E-state index is -1.37. The average Bonchev–Trinajstić information content (AvgIpc) is 2.49. The van der Waals surface area contributed by atoms with Crippen LogP contribution < -0.4 is 5.32 Å². The number of amides is 1. The Morgan fingerprint density at radius 3 is 2.42 bits per heavy atom. The number of esters is 1. The molecule has 0 aliphatic heterocycles. The molecule has 1 amide bonds. The molecule has 0 heterocycles. The van der Waals surface area contributed by atoms with Gasteiger partial charge in [0.15, 0.2) is 0 Å². The first-order valence-corrected chi connectivity index (χ1v) is 7.57. The van der Waals surface area contributed by atoms with Crippen LogP contribution in [0, 0.1) is 6.92 Å². The highest BCUT2D eigenvalue weighted by Crippen LogP contribution is 2.23.